The molecule has 0 N–H and O–H groups in total. The van der Waals surface area contributed by atoms with E-state index in [1.807, 2.05) is 83.9 Å². The molecule has 0 saturated carbocycles. The van der Waals surface area contributed by atoms with Gasteiger partial charge in [0.05, 0.1) is 23.0 Å². The molecule has 158 valence electrons. The van der Waals surface area contributed by atoms with Crippen LogP contribution in [0.25, 0.3) is 20.9 Å². The Balaban J connectivity index is 0.000000454. The van der Waals surface area contributed by atoms with Crippen molar-refractivity contribution in [2.75, 3.05) is 26.1 Å². The van der Waals surface area contributed by atoms with Gasteiger partial charge in [-0.2, -0.15) is 0 Å². The Morgan fingerprint density at radius 3 is 2.21 bits per heavy atom. The molecule has 0 aliphatic heterocycles. The maximum Gasteiger partial charge on any atom is 0.153 e. The molecule has 0 fully saturated rings. The van der Waals surface area contributed by atoms with E-state index >= 15 is 0 Å². The van der Waals surface area contributed by atoms with Gasteiger partial charge in [0.25, 0.3) is 0 Å². The van der Waals surface area contributed by atoms with E-state index in [0.29, 0.717) is 5.15 Å². The van der Waals surface area contributed by atoms with Crippen molar-refractivity contribution >= 4 is 45.1 Å². The molecule has 2 aromatic heterocycles. The number of ether oxygens (including phenoxy) is 1. The Morgan fingerprint density at radius 2 is 1.72 bits per heavy atom. The molecule has 0 unspecified atom stereocenters. The summed E-state index contributed by atoms with van der Waals surface area (Å²) >= 11 is 7.80. The Morgan fingerprint density at radius 1 is 1.10 bits per heavy atom. The van der Waals surface area contributed by atoms with Gasteiger partial charge in [-0.1, -0.05) is 46.2 Å². The molecule has 2 heterocycles. The molecule has 5 nitrogen and oxygen atoms in total. The lowest BCUT2D eigenvalue weighted by Crippen LogP contribution is -2.09. The molecular weight excluding hydrogens is 406 g/mol. The molecular formula is C22H30ClN3O2S. The third-order valence-corrected chi connectivity index (χ3v) is 4.80. The predicted molar refractivity (Wildman–Crippen MR) is 126 cm³/mol. The first-order valence-electron chi connectivity index (χ1n) is 9.40. The van der Waals surface area contributed by atoms with Crippen LogP contribution in [0.3, 0.4) is 0 Å². The summed E-state index contributed by atoms with van der Waals surface area (Å²) in [7, 11) is 5.53. The number of thiazole rings is 1. The van der Waals surface area contributed by atoms with Crippen molar-refractivity contribution in [3.05, 3.63) is 35.5 Å². The number of carbonyl (C=O) groups excluding carboxylic acids is 1. The van der Waals surface area contributed by atoms with Crippen LogP contribution in [-0.2, 0) is 4.79 Å². The molecule has 3 aromatic rings. The largest absolute Gasteiger partial charge is 0.497 e. The van der Waals surface area contributed by atoms with Crippen molar-refractivity contribution in [1.82, 2.24) is 9.97 Å². The number of nitrogens with zero attached hydrogens (tertiary/aromatic N) is 3. The van der Waals surface area contributed by atoms with E-state index < -0.39 is 0 Å². The van der Waals surface area contributed by atoms with Gasteiger partial charge in [0.1, 0.15) is 22.7 Å². The van der Waals surface area contributed by atoms with Crippen molar-refractivity contribution in [2.45, 2.75) is 34.6 Å². The van der Waals surface area contributed by atoms with Gasteiger partial charge < -0.3 is 14.4 Å². The second-order valence-electron chi connectivity index (χ2n) is 7.24. The fourth-order valence-electron chi connectivity index (χ4n) is 2.02. The highest BCUT2D eigenvalue weighted by molar-refractivity contribution is 7.21. The Bertz CT molecular complexity index is 933. The van der Waals surface area contributed by atoms with E-state index in [1.54, 1.807) is 18.4 Å². The Hall–Kier alpha value is -2.18. The van der Waals surface area contributed by atoms with E-state index in [4.69, 9.17) is 16.3 Å². The molecule has 0 spiro atoms. The standard InChI is InChI=1S/C15H14ClN3OS.C5H10O.C2H6/c1-19(2)12-7-6-11(17-14(12)16)15-18-10-5-4-9(20-3)8-13(10)21-15;1-5(2,3)4-6;1-2/h4-8H,1-3H3;4H,1-3H3;1-2H3. The summed E-state index contributed by atoms with van der Waals surface area (Å²) in [6, 6.07) is 9.73. The summed E-state index contributed by atoms with van der Waals surface area (Å²) in [5, 5.41) is 1.33. The van der Waals surface area contributed by atoms with E-state index in [9.17, 15) is 4.79 Å². The average molecular weight is 436 g/mol. The highest BCUT2D eigenvalue weighted by Crippen LogP contribution is 2.33. The molecule has 0 aliphatic rings. The number of halogens is 1. The van der Waals surface area contributed by atoms with Gasteiger partial charge in [0.15, 0.2) is 5.15 Å². The van der Waals surface area contributed by atoms with Crippen LogP contribution < -0.4 is 9.64 Å². The monoisotopic (exact) mass is 435 g/mol. The van der Waals surface area contributed by atoms with Gasteiger partial charge in [-0.15, -0.1) is 11.3 Å². The van der Waals surface area contributed by atoms with Crippen molar-refractivity contribution in [1.29, 1.82) is 0 Å². The Kier molecular flexibility index (Phi) is 9.53. The Labute approximate surface area is 182 Å². The highest BCUT2D eigenvalue weighted by atomic mass is 35.5. The highest BCUT2D eigenvalue weighted by Gasteiger charge is 2.11. The van der Waals surface area contributed by atoms with Crippen LogP contribution in [0, 0.1) is 5.41 Å². The van der Waals surface area contributed by atoms with E-state index in [-0.39, 0.29) is 5.41 Å². The number of hydrogen-bond donors (Lipinski definition) is 0. The van der Waals surface area contributed by atoms with Gasteiger partial charge in [-0.25, -0.2) is 9.97 Å². The number of rotatable bonds is 3. The molecule has 0 saturated heterocycles. The van der Waals surface area contributed by atoms with Crippen LogP contribution in [0.4, 0.5) is 5.69 Å². The van der Waals surface area contributed by atoms with Crippen LogP contribution in [0.2, 0.25) is 5.15 Å². The third-order valence-electron chi connectivity index (χ3n) is 3.48. The summed E-state index contributed by atoms with van der Waals surface area (Å²) < 4.78 is 6.30. The number of anilines is 1. The van der Waals surface area contributed by atoms with E-state index in [2.05, 4.69) is 9.97 Å². The van der Waals surface area contributed by atoms with Crippen molar-refractivity contribution in [3.63, 3.8) is 0 Å². The summed E-state index contributed by atoms with van der Waals surface area (Å²) in [4.78, 5) is 20.8. The van der Waals surface area contributed by atoms with Crippen LogP contribution in [0.1, 0.15) is 34.6 Å². The molecule has 3 rings (SSSR count). The minimum absolute atomic E-state index is 0.139. The number of benzene rings is 1. The molecule has 0 amide bonds. The van der Waals surface area contributed by atoms with Gasteiger partial charge in [0.2, 0.25) is 0 Å². The SMILES string of the molecule is CC.CC(C)(C)C=O.COc1ccc2nc(-c3ccc(N(C)C)c(Cl)n3)sc2c1. The summed E-state index contributed by atoms with van der Waals surface area (Å²) in [5.74, 6) is 0.826. The normalized spacial score (nSPS) is 10.4. The lowest BCUT2D eigenvalue weighted by atomic mass is 10.0. The summed E-state index contributed by atoms with van der Waals surface area (Å²) in [6.07, 6.45) is 0.938. The lowest BCUT2D eigenvalue weighted by molar-refractivity contribution is -0.113. The van der Waals surface area contributed by atoms with E-state index in [1.165, 1.54) is 0 Å². The van der Waals surface area contributed by atoms with Crippen molar-refractivity contribution < 1.29 is 9.53 Å². The fourth-order valence-corrected chi connectivity index (χ4v) is 3.31. The second kappa shape index (κ2) is 11.1. The lowest BCUT2D eigenvalue weighted by Gasteiger charge is -2.13. The zero-order valence-corrected chi connectivity index (χ0v) is 20.0. The summed E-state index contributed by atoms with van der Waals surface area (Å²) in [6.45, 7) is 9.62. The second-order valence-corrected chi connectivity index (χ2v) is 8.63. The van der Waals surface area contributed by atoms with Crippen molar-refractivity contribution in [2.24, 2.45) is 5.41 Å². The van der Waals surface area contributed by atoms with Gasteiger partial charge >= 0.3 is 0 Å². The number of pyridine rings is 1. The topological polar surface area (TPSA) is 55.3 Å². The summed E-state index contributed by atoms with van der Waals surface area (Å²) in [5.41, 5.74) is 2.47. The first-order valence-corrected chi connectivity index (χ1v) is 10.6. The van der Waals surface area contributed by atoms with E-state index in [0.717, 1.165) is 38.6 Å². The number of hydrogen-bond acceptors (Lipinski definition) is 6. The van der Waals surface area contributed by atoms with Crippen LogP contribution in [0.15, 0.2) is 30.3 Å². The zero-order chi connectivity index (χ0) is 22.2. The van der Waals surface area contributed by atoms with Crippen LogP contribution in [-0.4, -0.2) is 37.5 Å². The number of methoxy groups -OCH3 is 1. The smallest absolute Gasteiger partial charge is 0.153 e. The maximum atomic E-state index is 9.83. The number of carbonyl (C=O) groups is 1. The van der Waals surface area contributed by atoms with Crippen molar-refractivity contribution in [3.8, 4) is 16.5 Å². The van der Waals surface area contributed by atoms with Gasteiger partial charge in [0, 0.05) is 19.5 Å². The zero-order valence-electron chi connectivity index (χ0n) is 18.4. The maximum absolute atomic E-state index is 9.83. The molecule has 0 aliphatic carbocycles. The number of aldehydes is 1. The van der Waals surface area contributed by atoms with Gasteiger partial charge in [-0.05, 0) is 30.3 Å². The quantitative estimate of drug-likeness (QED) is 0.354. The fraction of sp³-hybridized carbons (Fsp3) is 0.409. The molecule has 0 bridgehead atoms. The average Bonchev–Trinajstić information content (AvgIpc) is 3.12. The predicted octanol–water partition coefficient (Wildman–Crippen LogP) is 6.34. The molecule has 7 heteroatoms. The molecule has 0 radical (unpaired) electrons. The molecule has 1 aromatic carbocycles. The first-order chi connectivity index (χ1) is 13.6. The van der Waals surface area contributed by atoms with Gasteiger partial charge in [-0.3, -0.25) is 0 Å². The molecule has 29 heavy (non-hydrogen) atoms. The van der Waals surface area contributed by atoms with Crippen LogP contribution >= 0.6 is 22.9 Å². The van der Waals surface area contributed by atoms with Crippen LogP contribution in [0.5, 0.6) is 5.75 Å². The first kappa shape index (κ1) is 24.9. The number of fused-ring (bicyclic) bond motifs is 1. The minimum Gasteiger partial charge on any atom is -0.497 e. The third kappa shape index (κ3) is 7.29. The minimum atomic E-state index is -0.139. The molecule has 0 atom stereocenters. The number of aromatic nitrogens is 2.